The number of amides is 1. The third kappa shape index (κ3) is 7.53. The molecule has 0 saturated heterocycles. The Kier molecular flexibility index (Phi) is 12.1. The summed E-state index contributed by atoms with van der Waals surface area (Å²) in [6.45, 7) is 21.5. The summed E-state index contributed by atoms with van der Waals surface area (Å²) in [6, 6.07) is 18.2. The smallest absolute Gasteiger partial charge is 0.255 e. The summed E-state index contributed by atoms with van der Waals surface area (Å²) >= 11 is 1.62. The number of hydrogen-bond donors (Lipinski definition) is 3. The molecule has 14 atom stereocenters. The molecule has 8 aliphatic rings. The lowest BCUT2D eigenvalue weighted by atomic mass is 9.44. The first kappa shape index (κ1) is 51.5. The molecule has 6 saturated carbocycles. The number of hydrogen-bond acceptors (Lipinski definition) is 8. The van der Waals surface area contributed by atoms with Gasteiger partial charge in [-0.3, -0.25) is 14.4 Å². The highest BCUT2D eigenvalue weighted by Crippen LogP contribution is 2.70. The molecule has 76 heavy (non-hydrogen) atoms. The number of carbonyl (C=O) groups is 3. The summed E-state index contributed by atoms with van der Waals surface area (Å²) in [7, 11) is 0. The number of carbonyl (C=O) groups excluding carboxylic acids is 3. The summed E-state index contributed by atoms with van der Waals surface area (Å²) < 4.78 is 4.05. The number of nitrogens with one attached hydrogen (secondary N) is 1. The Labute approximate surface area is 453 Å². The number of aromatic nitrogens is 4. The van der Waals surface area contributed by atoms with Crippen LogP contribution >= 0.6 is 11.3 Å². The van der Waals surface area contributed by atoms with Crippen molar-refractivity contribution in [3.05, 3.63) is 122 Å². The molecular weight excluding hydrogens is 963 g/mol. The molecule has 10 nitrogen and oxygen atoms in total. The van der Waals surface area contributed by atoms with Crippen molar-refractivity contribution in [2.45, 2.75) is 157 Å². The monoisotopic (exact) mass is 1040 g/mol. The van der Waals surface area contributed by atoms with Gasteiger partial charge in [0.25, 0.3) is 5.91 Å². The lowest BCUT2D eigenvalue weighted by Gasteiger charge is -2.60. The number of aryl methyl sites for hydroxylation is 2. The summed E-state index contributed by atoms with van der Waals surface area (Å²) in [5.74, 6) is 3.71. The standard InChI is InChI=1S/C35H41N3O3S.C30H38N2O2/c1-20-13-27-28(9-11-34(5)29(27)10-12-35(34,41)22(3)39)33(4)17-24-18-38(37-31(24)16-30(20)33)26-8-6-7-23(15-26)32(40)36-25-14-21(2)42-19-25;1-18-7-6-8-22(13-18)32-27-15-26-19(2)14-23-24(28(26,4)16-21(27)17-31-32)9-11-29(5)25(23)10-12-30(29,34)20(3)33/h6-8,14-16,18-20,27-29,41H,9-13,17H2,1-5H3,(H,36,40);6-8,13,15,17,19,23-25,34H,9-12,14,16H2,1-5H3/t20-,27+,28-,29-,33+,34-,35-;19-,23+,24-,25-,28+,29-,30-/m00/s1. The zero-order valence-electron chi connectivity index (χ0n) is 46.5. The van der Waals surface area contributed by atoms with Gasteiger partial charge >= 0.3 is 0 Å². The number of aliphatic hydroxyl groups is 2. The van der Waals surface area contributed by atoms with Crippen LogP contribution in [0.2, 0.25) is 0 Å². The van der Waals surface area contributed by atoms with Gasteiger partial charge in [-0.15, -0.1) is 11.3 Å². The highest BCUT2D eigenvalue weighted by Gasteiger charge is 2.68. The average molecular weight is 1040 g/mol. The number of thiophene rings is 1. The third-order valence-corrected chi connectivity index (χ3v) is 23.5. The molecule has 13 rings (SSSR count). The van der Waals surface area contributed by atoms with Gasteiger partial charge in [0.2, 0.25) is 0 Å². The molecule has 6 fully saturated rings. The Morgan fingerprint density at radius 3 is 1.84 bits per heavy atom. The van der Waals surface area contributed by atoms with E-state index in [2.05, 4.69) is 107 Å². The van der Waals surface area contributed by atoms with Gasteiger partial charge in [-0.25, -0.2) is 9.36 Å². The van der Waals surface area contributed by atoms with E-state index < -0.39 is 11.2 Å². The topological polar surface area (TPSA) is 139 Å². The fraction of sp³-hybridized carbons (Fsp3) is 0.554. The van der Waals surface area contributed by atoms with Gasteiger partial charge in [0, 0.05) is 32.8 Å². The molecule has 0 radical (unpaired) electrons. The van der Waals surface area contributed by atoms with Crippen LogP contribution in [0, 0.1) is 82.9 Å². The number of fused-ring (bicyclic) bond motifs is 12. The molecule has 3 aromatic heterocycles. The van der Waals surface area contributed by atoms with Crippen LogP contribution in [0.15, 0.2) is 83.5 Å². The van der Waals surface area contributed by atoms with Gasteiger partial charge in [0.05, 0.1) is 34.6 Å². The predicted octanol–water partition coefficient (Wildman–Crippen LogP) is 13.2. The van der Waals surface area contributed by atoms with Crippen LogP contribution in [-0.2, 0) is 22.4 Å². The Morgan fingerprint density at radius 2 is 1.26 bits per heavy atom. The maximum Gasteiger partial charge on any atom is 0.255 e. The van der Waals surface area contributed by atoms with Gasteiger partial charge in [0.1, 0.15) is 11.2 Å². The lowest BCUT2D eigenvalue weighted by molar-refractivity contribution is -0.160. The van der Waals surface area contributed by atoms with E-state index in [1.807, 2.05) is 47.3 Å². The molecule has 8 aliphatic carbocycles. The SMILES string of the molecule is CC(=O)[C@@]1(O)CC[C@H]2[C@@H]3C[C@H](C)C4=Cc5c(cnn5-c5cccc(C)c5)C[C@]4(C)[C@H]3CC[C@@]21C.CC(=O)[C@@]1(O)CC[C@H]2[C@@H]3C[C@H](C)C4=Cc5nn(-c6cccc(C(=O)Nc7csc(C)c7)c6)cc5C[C@]4(C)[C@H]3CC[C@@]21C. The van der Waals surface area contributed by atoms with Crippen molar-refractivity contribution in [1.82, 2.24) is 19.6 Å². The van der Waals surface area contributed by atoms with Gasteiger partial charge < -0.3 is 15.5 Å². The van der Waals surface area contributed by atoms with Crippen molar-refractivity contribution in [2.24, 2.45) is 69.0 Å². The van der Waals surface area contributed by atoms with Crippen LogP contribution in [-0.4, -0.2) is 58.4 Å². The first-order chi connectivity index (χ1) is 36.0. The fourth-order valence-corrected chi connectivity index (χ4v) is 19.4. The van der Waals surface area contributed by atoms with Crippen LogP contribution < -0.4 is 5.32 Å². The van der Waals surface area contributed by atoms with Gasteiger partial charge in [-0.05, 0) is 228 Å². The van der Waals surface area contributed by atoms with E-state index in [1.54, 1.807) is 30.8 Å². The minimum Gasteiger partial charge on any atom is -0.382 e. The molecule has 3 heterocycles. The van der Waals surface area contributed by atoms with Gasteiger partial charge in [-0.2, -0.15) is 10.2 Å². The maximum atomic E-state index is 13.0. The molecule has 3 N–H and O–H groups in total. The van der Waals surface area contributed by atoms with Crippen molar-refractivity contribution in [1.29, 1.82) is 0 Å². The minimum absolute atomic E-state index is 0.0296. The van der Waals surface area contributed by atoms with Crippen LogP contribution in [0.5, 0.6) is 0 Å². The van der Waals surface area contributed by atoms with Gasteiger partial charge in [0.15, 0.2) is 11.6 Å². The Hall–Kier alpha value is -5.23. The summed E-state index contributed by atoms with van der Waals surface area (Å²) in [4.78, 5) is 39.3. The minimum atomic E-state index is -1.18. The molecule has 5 aromatic rings. The van der Waals surface area contributed by atoms with E-state index in [0.29, 0.717) is 65.7 Å². The molecule has 0 aliphatic heterocycles. The van der Waals surface area contributed by atoms with Crippen molar-refractivity contribution < 1.29 is 24.6 Å². The zero-order chi connectivity index (χ0) is 53.6. The molecule has 11 heteroatoms. The molecular formula is C65H79N5O5S. The first-order valence-electron chi connectivity index (χ1n) is 28.6. The Balaban J connectivity index is 0.000000157. The molecule has 0 bridgehead atoms. The molecule has 0 unspecified atom stereocenters. The second-order valence-corrected chi connectivity index (χ2v) is 27.6. The number of anilines is 1. The molecule has 400 valence electrons. The number of rotatable bonds is 6. The van der Waals surface area contributed by atoms with E-state index in [1.165, 1.54) is 28.0 Å². The van der Waals surface area contributed by atoms with Gasteiger partial charge in [-0.1, -0.05) is 70.9 Å². The average Bonchev–Trinajstić information content (AvgIpc) is 4.24. The normalized spacial score (nSPS) is 37.5. The first-order valence-corrected chi connectivity index (χ1v) is 29.5. The van der Waals surface area contributed by atoms with E-state index in [4.69, 9.17) is 10.2 Å². The molecule has 0 spiro atoms. The second-order valence-electron chi connectivity index (χ2n) is 26.5. The van der Waals surface area contributed by atoms with E-state index in [0.717, 1.165) is 91.8 Å². The highest BCUT2D eigenvalue weighted by atomic mass is 32.1. The number of Topliss-reactive ketones (excluding diaryl/α,β-unsaturated/α-hetero) is 2. The van der Waals surface area contributed by atoms with Crippen molar-refractivity contribution in [3.63, 3.8) is 0 Å². The highest BCUT2D eigenvalue weighted by molar-refractivity contribution is 7.10. The lowest BCUT2D eigenvalue weighted by Crippen LogP contribution is -2.58. The number of allylic oxidation sites excluding steroid dienone is 2. The summed E-state index contributed by atoms with van der Waals surface area (Å²) in [5, 5.41) is 37.8. The van der Waals surface area contributed by atoms with Crippen LogP contribution in [0.1, 0.15) is 163 Å². The largest absolute Gasteiger partial charge is 0.382 e. The fourth-order valence-electron chi connectivity index (χ4n) is 18.8. The quantitative estimate of drug-likeness (QED) is 0.154. The van der Waals surface area contributed by atoms with Crippen LogP contribution in [0.25, 0.3) is 23.5 Å². The van der Waals surface area contributed by atoms with Crippen LogP contribution in [0.3, 0.4) is 0 Å². The Bertz CT molecular complexity index is 3270. The predicted molar refractivity (Wildman–Crippen MR) is 301 cm³/mol. The third-order valence-electron chi connectivity index (χ3n) is 22.6. The van der Waals surface area contributed by atoms with Crippen LogP contribution in [0.4, 0.5) is 5.69 Å². The summed E-state index contributed by atoms with van der Waals surface area (Å²) in [6.07, 6.45) is 20.4. The van der Waals surface area contributed by atoms with E-state index >= 15 is 0 Å². The van der Waals surface area contributed by atoms with Crippen molar-refractivity contribution in [3.8, 4) is 11.4 Å². The van der Waals surface area contributed by atoms with Crippen molar-refractivity contribution in [2.75, 3.05) is 5.32 Å². The number of benzene rings is 2. The number of ketones is 2. The number of nitrogens with zero attached hydrogens (tertiary/aromatic N) is 4. The molecule has 1 amide bonds. The van der Waals surface area contributed by atoms with Crippen molar-refractivity contribution >= 4 is 46.6 Å². The zero-order valence-corrected chi connectivity index (χ0v) is 47.3. The molecule has 2 aromatic carbocycles. The Morgan fingerprint density at radius 1 is 0.697 bits per heavy atom. The second kappa shape index (κ2) is 17.9. The summed E-state index contributed by atoms with van der Waals surface area (Å²) in [5.41, 5.74) is 9.85. The van der Waals surface area contributed by atoms with E-state index in [9.17, 15) is 24.6 Å². The van der Waals surface area contributed by atoms with E-state index in [-0.39, 0.29) is 39.1 Å². The maximum absolute atomic E-state index is 13.0.